The van der Waals surface area contributed by atoms with E-state index >= 15 is 0 Å². The summed E-state index contributed by atoms with van der Waals surface area (Å²) < 4.78 is 2.16. The van der Waals surface area contributed by atoms with E-state index in [9.17, 15) is 4.79 Å². The maximum absolute atomic E-state index is 13.3. The number of hydrogen-bond donors (Lipinski definition) is 1. The van der Waals surface area contributed by atoms with Crippen molar-refractivity contribution in [3.05, 3.63) is 66.0 Å². The minimum absolute atomic E-state index is 0.102. The van der Waals surface area contributed by atoms with E-state index in [1.165, 1.54) is 24.6 Å². The molecule has 0 unspecified atom stereocenters. The highest BCUT2D eigenvalue weighted by Gasteiger charge is 2.30. The summed E-state index contributed by atoms with van der Waals surface area (Å²) in [6.45, 7) is 2.94. The summed E-state index contributed by atoms with van der Waals surface area (Å²) in [4.78, 5) is 16.8. The fourth-order valence-corrected chi connectivity index (χ4v) is 4.68. The molecule has 146 valence electrons. The molecule has 0 saturated heterocycles. The molecule has 5 nitrogen and oxygen atoms in total. The summed E-state index contributed by atoms with van der Waals surface area (Å²) in [6, 6.07) is 18.0. The highest BCUT2D eigenvalue weighted by atomic mass is 32.2. The van der Waals surface area contributed by atoms with E-state index in [-0.39, 0.29) is 5.78 Å². The van der Waals surface area contributed by atoms with Crippen LogP contribution in [-0.2, 0) is 6.54 Å². The zero-order chi connectivity index (χ0) is 19.8. The van der Waals surface area contributed by atoms with Gasteiger partial charge >= 0.3 is 0 Å². The van der Waals surface area contributed by atoms with Gasteiger partial charge < -0.3 is 9.55 Å². The Hall–Kier alpha value is -2.86. The van der Waals surface area contributed by atoms with E-state index in [1.807, 2.05) is 54.6 Å². The third-order valence-electron chi connectivity index (χ3n) is 5.38. The Morgan fingerprint density at radius 3 is 2.62 bits per heavy atom. The molecule has 1 aliphatic rings. The quantitative estimate of drug-likeness (QED) is 0.337. The molecule has 0 atom stereocenters. The van der Waals surface area contributed by atoms with Gasteiger partial charge in [0.05, 0.1) is 17.0 Å². The summed E-state index contributed by atoms with van der Waals surface area (Å²) >= 11 is 1.48. The van der Waals surface area contributed by atoms with Crippen molar-refractivity contribution in [2.45, 2.75) is 37.4 Å². The van der Waals surface area contributed by atoms with Gasteiger partial charge in [-0.25, -0.2) is 0 Å². The number of carbonyl (C=O) groups excluding carboxylic acids is 1. The molecule has 0 spiro atoms. The maximum atomic E-state index is 13.3. The van der Waals surface area contributed by atoms with Crippen molar-refractivity contribution in [1.82, 2.24) is 19.7 Å². The van der Waals surface area contributed by atoms with E-state index < -0.39 is 0 Å². The monoisotopic (exact) mass is 402 g/mol. The molecule has 2 aromatic heterocycles. The molecule has 6 heteroatoms. The van der Waals surface area contributed by atoms with Crippen LogP contribution in [0.15, 0.2) is 59.8 Å². The van der Waals surface area contributed by atoms with Crippen LogP contribution in [0.4, 0.5) is 0 Å². The Labute approximate surface area is 173 Å². The summed E-state index contributed by atoms with van der Waals surface area (Å²) in [7, 11) is 0. The number of fused-ring (bicyclic) bond motifs is 1. The summed E-state index contributed by atoms with van der Waals surface area (Å²) in [6.07, 6.45) is 2.38. The molecular formula is C23H22N4OS. The van der Waals surface area contributed by atoms with E-state index in [2.05, 4.69) is 26.7 Å². The fourth-order valence-electron chi connectivity index (χ4n) is 3.80. The lowest BCUT2D eigenvalue weighted by Crippen LogP contribution is -2.06. The highest BCUT2D eigenvalue weighted by molar-refractivity contribution is 7.99. The molecule has 5 rings (SSSR count). The van der Waals surface area contributed by atoms with Gasteiger partial charge in [0.15, 0.2) is 10.9 Å². The Balaban J connectivity index is 1.47. The maximum Gasteiger partial charge on any atom is 0.191 e. The van der Waals surface area contributed by atoms with Crippen LogP contribution in [0.25, 0.3) is 22.2 Å². The van der Waals surface area contributed by atoms with Crippen molar-refractivity contribution >= 4 is 28.4 Å². The largest absolute Gasteiger partial charge is 0.354 e. The SMILES string of the molecule is CCn1c(SCC(=O)c2c(-c3ccccc3)[nH]c3ccccc23)nnc1C1CC1. The van der Waals surface area contributed by atoms with Crippen LogP contribution in [0, 0.1) is 0 Å². The number of ketones is 1. The molecule has 2 aromatic carbocycles. The van der Waals surface area contributed by atoms with Gasteiger partial charge in [-0.15, -0.1) is 10.2 Å². The lowest BCUT2D eigenvalue weighted by Gasteiger charge is -2.07. The third-order valence-corrected chi connectivity index (χ3v) is 6.35. The van der Waals surface area contributed by atoms with Crippen molar-refractivity contribution in [2.75, 3.05) is 5.75 Å². The molecule has 1 saturated carbocycles. The van der Waals surface area contributed by atoms with Crippen LogP contribution in [0.3, 0.4) is 0 Å². The predicted octanol–water partition coefficient (Wildman–Crippen LogP) is 5.30. The first-order valence-corrected chi connectivity index (χ1v) is 11.0. The number of rotatable bonds is 7. The minimum Gasteiger partial charge on any atom is -0.354 e. The van der Waals surface area contributed by atoms with Crippen molar-refractivity contribution in [1.29, 1.82) is 0 Å². The number of aromatic nitrogens is 4. The molecule has 1 fully saturated rings. The molecule has 1 N–H and O–H groups in total. The predicted molar refractivity (Wildman–Crippen MR) is 116 cm³/mol. The zero-order valence-electron chi connectivity index (χ0n) is 16.3. The van der Waals surface area contributed by atoms with Crippen molar-refractivity contribution in [3.8, 4) is 11.3 Å². The number of Topliss-reactive ketones (excluding diaryl/α,β-unsaturated/α-hetero) is 1. The van der Waals surface area contributed by atoms with E-state index in [1.54, 1.807) is 0 Å². The summed E-state index contributed by atoms with van der Waals surface area (Å²) in [5.74, 6) is 2.06. The number of para-hydroxylation sites is 1. The van der Waals surface area contributed by atoms with E-state index in [0.29, 0.717) is 11.7 Å². The number of thioether (sulfide) groups is 1. The highest BCUT2D eigenvalue weighted by Crippen LogP contribution is 2.40. The number of hydrogen-bond acceptors (Lipinski definition) is 4. The van der Waals surface area contributed by atoms with Crippen molar-refractivity contribution < 1.29 is 4.79 Å². The number of carbonyl (C=O) groups is 1. The molecule has 29 heavy (non-hydrogen) atoms. The molecular weight excluding hydrogens is 380 g/mol. The zero-order valence-corrected chi connectivity index (χ0v) is 17.1. The van der Waals surface area contributed by atoms with Crippen LogP contribution < -0.4 is 0 Å². The van der Waals surface area contributed by atoms with Gasteiger partial charge in [-0.2, -0.15) is 0 Å². The number of benzene rings is 2. The van der Waals surface area contributed by atoms with Crippen LogP contribution in [0.5, 0.6) is 0 Å². The second-order valence-electron chi connectivity index (χ2n) is 7.36. The Morgan fingerprint density at radius 1 is 1.10 bits per heavy atom. The van der Waals surface area contributed by atoms with Crippen molar-refractivity contribution in [2.24, 2.45) is 0 Å². The van der Waals surface area contributed by atoms with Gasteiger partial charge in [0.2, 0.25) is 0 Å². The summed E-state index contributed by atoms with van der Waals surface area (Å²) in [5, 5.41) is 10.5. The smallest absolute Gasteiger partial charge is 0.191 e. The second kappa shape index (κ2) is 7.52. The van der Waals surface area contributed by atoms with Gasteiger partial charge in [-0.05, 0) is 31.4 Å². The first-order valence-electron chi connectivity index (χ1n) is 10.0. The van der Waals surface area contributed by atoms with Gasteiger partial charge in [-0.3, -0.25) is 4.79 Å². The number of nitrogens with one attached hydrogen (secondary N) is 1. The van der Waals surface area contributed by atoms with Gasteiger partial charge in [0.25, 0.3) is 0 Å². The first-order chi connectivity index (χ1) is 14.3. The lowest BCUT2D eigenvalue weighted by atomic mass is 10.0. The van der Waals surface area contributed by atoms with Gasteiger partial charge in [-0.1, -0.05) is 60.3 Å². The molecule has 0 radical (unpaired) electrons. The number of aromatic amines is 1. The van der Waals surface area contributed by atoms with Crippen LogP contribution in [-0.4, -0.2) is 31.3 Å². The average Bonchev–Trinajstić information content (AvgIpc) is 3.40. The Morgan fingerprint density at radius 2 is 1.86 bits per heavy atom. The minimum atomic E-state index is 0.102. The summed E-state index contributed by atoms with van der Waals surface area (Å²) in [5.41, 5.74) is 3.63. The normalized spacial score (nSPS) is 13.8. The van der Waals surface area contributed by atoms with E-state index in [4.69, 9.17) is 0 Å². The number of nitrogens with zero attached hydrogens (tertiary/aromatic N) is 3. The van der Waals surface area contributed by atoms with Gasteiger partial charge in [0.1, 0.15) is 5.82 Å². The molecule has 1 aliphatic carbocycles. The second-order valence-corrected chi connectivity index (χ2v) is 8.30. The van der Waals surface area contributed by atoms with Crippen LogP contribution >= 0.6 is 11.8 Å². The lowest BCUT2D eigenvalue weighted by molar-refractivity contribution is 0.102. The average molecular weight is 403 g/mol. The van der Waals surface area contributed by atoms with Crippen LogP contribution in [0.1, 0.15) is 41.9 Å². The first kappa shape index (κ1) is 18.2. The van der Waals surface area contributed by atoms with E-state index in [0.717, 1.165) is 45.2 Å². The fraction of sp³-hybridized carbons (Fsp3) is 0.261. The van der Waals surface area contributed by atoms with Crippen molar-refractivity contribution in [3.63, 3.8) is 0 Å². The molecule has 0 bridgehead atoms. The molecule has 2 heterocycles. The topological polar surface area (TPSA) is 63.6 Å². The van der Waals surface area contributed by atoms with Crippen LogP contribution in [0.2, 0.25) is 0 Å². The molecule has 4 aromatic rings. The molecule has 0 aliphatic heterocycles. The Bertz CT molecular complexity index is 1170. The van der Waals surface area contributed by atoms with Gasteiger partial charge in [0, 0.05) is 23.4 Å². The standard InChI is InChI=1S/C23H22N4OS/c1-2-27-22(16-12-13-16)25-26-23(27)29-14-19(28)20-17-10-6-7-11-18(17)24-21(20)15-8-4-3-5-9-15/h3-11,16,24H,2,12-14H2,1H3. The Kier molecular flexibility index (Phi) is 4.72. The number of H-pyrrole nitrogens is 1. The molecule has 0 amide bonds. The third kappa shape index (κ3) is 3.38.